The number of carbonyl (C=O) groups excluding carboxylic acids is 1. The van der Waals surface area contributed by atoms with Gasteiger partial charge in [-0.25, -0.2) is 8.42 Å². The summed E-state index contributed by atoms with van der Waals surface area (Å²) in [6.07, 6.45) is 0.0968. The Labute approximate surface area is 123 Å². The van der Waals surface area contributed by atoms with Crippen LogP contribution < -0.4 is 10.0 Å². The highest BCUT2D eigenvalue weighted by atomic mass is 79.9. The SMILES string of the molecule is CC(NS(=O)(=O)c1cc2c(cc1Br)NC(=O)C2)C(=O)O. The minimum atomic E-state index is -3.99. The summed E-state index contributed by atoms with van der Waals surface area (Å²) in [5, 5.41) is 11.4. The molecule has 2 rings (SSSR count). The molecule has 20 heavy (non-hydrogen) atoms. The maximum Gasteiger partial charge on any atom is 0.321 e. The van der Waals surface area contributed by atoms with Crippen molar-refractivity contribution in [2.75, 3.05) is 5.32 Å². The van der Waals surface area contributed by atoms with Crippen LogP contribution in [0.5, 0.6) is 0 Å². The van der Waals surface area contributed by atoms with Crippen molar-refractivity contribution < 1.29 is 23.1 Å². The summed E-state index contributed by atoms with van der Waals surface area (Å²) in [4.78, 5) is 21.9. The maximum atomic E-state index is 12.1. The molecular formula is C11H11BrN2O5S. The number of halogens is 1. The number of hydrogen-bond acceptors (Lipinski definition) is 4. The third-order valence-corrected chi connectivity index (χ3v) is 5.27. The summed E-state index contributed by atoms with van der Waals surface area (Å²) >= 11 is 3.11. The highest BCUT2D eigenvalue weighted by Gasteiger charge is 2.27. The van der Waals surface area contributed by atoms with E-state index in [0.717, 1.165) is 0 Å². The molecule has 0 bridgehead atoms. The number of fused-ring (bicyclic) bond motifs is 1. The monoisotopic (exact) mass is 362 g/mol. The number of hydrogen-bond donors (Lipinski definition) is 3. The summed E-state index contributed by atoms with van der Waals surface area (Å²) in [6.45, 7) is 1.23. The molecule has 1 aliphatic rings. The molecule has 1 unspecified atom stereocenters. The second-order valence-corrected chi connectivity index (χ2v) is 6.88. The number of sulfonamides is 1. The van der Waals surface area contributed by atoms with Crippen LogP contribution in [0.2, 0.25) is 0 Å². The Morgan fingerprint density at radius 1 is 1.50 bits per heavy atom. The van der Waals surface area contributed by atoms with Crippen molar-refractivity contribution in [3.05, 3.63) is 22.2 Å². The average molecular weight is 363 g/mol. The van der Waals surface area contributed by atoms with E-state index in [1.807, 2.05) is 0 Å². The smallest absolute Gasteiger partial charge is 0.321 e. The normalized spacial score (nSPS) is 15.6. The van der Waals surface area contributed by atoms with Crippen LogP contribution in [0.15, 0.2) is 21.5 Å². The molecule has 9 heteroatoms. The van der Waals surface area contributed by atoms with E-state index in [-0.39, 0.29) is 21.7 Å². The van der Waals surface area contributed by atoms with Crippen LogP contribution in [0.25, 0.3) is 0 Å². The van der Waals surface area contributed by atoms with Gasteiger partial charge in [0, 0.05) is 10.2 Å². The minimum absolute atomic E-state index is 0.0964. The summed E-state index contributed by atoms with van der Waals surface area (Å²) < 4.78 is 26.6. The zero-order valence-corrected chi connectivity index (χ0v) is 12.7. The maximum absolute atomic E-state index is 12.1. The number of rotatable bonds is 4. The predicted molar refractivity (Wildman–Crippen MR) is 73.9 cm³/mol. The van der Waals surface area contributed by atoms with Gasteiger partial charge in [0.2, 0.25) is 15.9 Å². The fourth-order valence-electron chi connectivity index (χ4n) is 1.78. The Hall–Kier alpha value is -1.45. The number of amides is 1. The molecule has 0 aliphatic carbocycles. The summed E-state index contributed by atoms with van der Waals surface area (Å²) in [7, 11) is -3.99. The van der Waals surface area contributed by atoms with E-state index in [0.29, 0.717) is 11.3 Å². The van der Waals surface area contributed by atoms with E-state index < -0.39 is 22.0 Å². The number of benzene rings is 1. The molecule has 1 aromatic rings. The van der Waals surface area contributed by atoms with Crippen molar-refractivity contribution >= 4 is 43.5 Å². The zero-order valence-electron chi connectivity index (χ0n) is 10.3. The first-order valence-electron chi connectivity index (χ1n) is 5.58. The molecule has 0 aromatic heterocycles. The van der Waals surface area contributed by atoms with Crippen molar-refractivity contribution in [1.29, 1.82) is 0 Å². The molecule has 3 N–H and O–H groups in total. The van der Waals surface area contributed by atoms with Gasteiger partial charge in [-0.05, 0) is 40.5 Å². The van der Waals surface area contributed by atoms with Crippen molar-refractivity contribution in [3.8, 4) is 0 Å². The Kier molecular flexibility index (Phi) is 3.85. The van der Waals surface area contributed by atoms with E-state index >= 15 is 0 Å². The largest absolute Gasteiger partial charge is 0.480 e. The first-order valence-corrected chi connectivity index (χ1v) is 7.86. The van der Waals surface area contributed by atoms with Crippen LogP contribution in [0.1, 0.15) is 12.5 Å². The zero-order chi connectivity index (χ0) is 15.1. The van der Waals surface area contributed by atoms with Crippen LogP contribution in [0.4, 0.5) is 5.69 Å². The Morgan fingerprint density at radius 3 is 2.75 bits per heavy atom. The highest BCUT2D eigenvalue weighted by molar-refractivity contribution is 9.10. The number of nitrogens with one attached hydrogen (secondary N) is 2. The number of carboxylic acids is 1. The van der Waals surface area contributed by atoms with Crippen molar-refractivity contribution in [1.82, 2.24) is 4.72 Å². The van der Waals surface area contributed by atoms with E-state index in [1.165, 1.54) is 19.1 Å². The van der Waals surface area contributed by atoms with E-state index in [9.17, 15) is 18.0 Å². The molecule has 0 radical (unpaired) electrons. The number of carbonyl (C=O) groups is 2. The highest BCUT2D eigenvalue weighted by Crippen LogP contribution is 2.32. The van der Waals surface area contributed by atoms with Gasteiger partial charge in [-0.2, -0.15) is 4.72 Å². The van der Waals surface area contributed by atoms with Gasteiger partial charge in [0.05, 0.1) is 11.3 Å². The number of anilines is 1. The lowest BCUT2D eigenvalue weighted by atomic mass is 10.2. The van der Waals surface area contributed by atoms with Gasteiger partial charge in [0.25, 0.3) is 0 Å². The fourth-order valence-corrected chi connectivity index (χ4v) is 4.07. The molecule has 0 saturated heterocycles. The summed E-state index contributed by atoms with van der Waals surface area (Å²) in [6, 6.07) is 1.59. The third kappa shape index (κ3) is 2.84. The Balaban J connectivity index is 2.41. The van der Waals surface area contributed by atoms with Crippen LogP contribution in [0, 0.1) is 0 Å². The molecule has 0 saturated carbocycles. The lowest BCUT2D eigenvalue weighted by Crippen LogP contribution is -2.38. The van der Waals surface area contributed by atoms with Gasteiger partial charge in [-0.3, -0.25) is 9.59 Å². The van der Waals surface area contributed by atoms with E-state index in [2.05, 4.69) is 26.0 Å². The molecule has 1 atom stereocenters. The first kappa shape index (κ1) is 14.9. The number of aliphatic carboxylic acids is 1. The molecular weight excluding hydrogens is 352 g/mol. The molecule has 108 valence electrons. The fraction of sp³-hybridized carbons (Fsp3) is 0.273. The number of carboxylic acid groups (broad SMARTS) is 1. The lowest BCUT2D eigenvalue weighted by Gasteiger charge is -2.12. The average Bonchev–Trinajstić information content (AvgIpc) is 2.66. The Bertz CT molecular complexity index is 701. The molecule has 0 spiro atoms. The van der Waals surface area contributed by atoms with Crippen LogP contribution in [0.3, 0.4) is 0 Å². The van der Waals surface area contributed by atoms with Gasteiger partial charge in [-0.1, -0.05) is 0 Å². The summed E-state index contributed by atoms with van der Waals surface area (Å²) in [5.41, 5.74) is 1.11. The third-order valence-electron chi connectivity index (χ3n) is 2.77. The Morgan fingerprint density at radius 2 is 2.15 bits per heavy atom. The van der Waals surface area contributed by atoms with Gasteiger partial charge in [-0.15, -0.1) is 0 Å². The van der Waals surface area contributed by atoms with E-state index in [1.54, 1.807) is 0 Å². The molecule has 1 heterocycles. The van der Waals surface area contributed by atoms with Crippen molar-refractivity contribution in [2.45, 2.75) is 24.3 Å². The topological polar surface area (TPSA) is 113 Å². The van der Waals surface area contributed by atoms with Gasteiger partial charge < -0.3 is 10.4 Å². The molecule has 1 amide bonds. The molecule has 0 fully saturated rings. The second kappa shape index (κ2) is 5.15. The molecule has 1 aliphatic heterocycles. The summed E-state index contributed by atoms with van der Waals surface area (Å²) in [5.74, 6) is -1.49. The first-order chi connectivity index (χ1) is 9.20. The molecule has 1 aromatic carbocycles. The predicted octanol–water partition coefficient (Wildman–Crippen LogP) is 0.695. The lowest BCUT2D eigenvalue weighted by molar-refractivity contribution is -0.138. The standard InChI is InChI=1S/C11H11BrN2O5S/c1-5(11(16)17)14-20(18,19)9-2-6-3-10(15)13-8(6)4-7(9)12/h2,4-5,14H,3H2,1H3,(H,13,15)(H,16,17). The van der Waals surface area contributed by atoms with Crippen LogP contribution in [-0.4, -0.2) is 31.4 Å². The minimum Gasteiger partial charge on any atom is -0.480 e. The van der Waals surface area contributed by atoms with Crippen molar-refractivity contribution in [3.63, 3.8) is 0 Å². The quantitative estimate of drug-likeness (QED) is 0.729. The van der Waals surface area contributed by atoms with Gasteiger partial charge >= 0.3 is 5.97 Å². The second-order valence-electron chi connectivity index (χ2n) is 4.35. The van der Waals surface area contributed by atoms with E-state index in [4.69, 9.17) is 5.11 Å². The van der Waals surface area contributed by atoms with Gasteiger partial charge in [0.1, 0.15) is 6.04 Å². The van der Waals surface area contributed by atoms with Crippen LogP contribution in [-0.2, 0) is 26.0 Å². The van der Waals surface area contributed by atoms with Crippen molar-refractivity contribution in [2.24, 2.45) is 0 Å². The van der Waals surface area contributed by atoms with Crippen LogP contribution >= 0.6 is 15.9 Å². The molecule has 7 nitrogen and oxygen atoms in total. The van der Waals surface area contributed by atoms with Gasteiger partial charge in [0.15, 0.2) is 0 Å².